The summed E-state index contributed by atoms with van der Waals surface area (Å²) in [5.74, 6) is 2.44. The van der Waals surface area contributed by atoms with Gasteiger partial charge in [-0.1, -0.05) is 54.6 Å². The van der Waals surface area contributed by atoms with Crippen LogP contribution in [0.3, 0.4) is 0 Å². The van der Waals surface area contributed by atoms with Crippen LogP contribution in [-0.4, -0.2) is 54.8 Å². The summed E-state index contributed by atoms with van der Waals surface area (Å²) in [7, 11) is 0. The Morgan fingerprint density at radius 3 is 2.68 bits per heavy atom. The van der Waals surface area contributed by atoms with E-state index >= 15 is 0 Å². The summed E-state index contributed by atoms with van der Waals surface area (Å²) in [6, 6.07) is 23.6. The monoisotopic (exact) mass is 709 g/mol. The summed E-state index contributed by atoms with van der Waals surface area (Å²) in [4.78, 5) is 19.5. The van der Waals surface area contributed by atoms with Crippen LogP contribution in [0.2, 0.25) is 0 Å². The summed E-state index contributed by atoms with van der Waals surface area (Å²) in [6.45, 7) is 0.826. The molecular weight excluding hydrogens is 675 g/mol. The normalized spacial score (nSPS) is 23.3. The van der Waals surface area contributed by atoms with Crippen LogP contribution in [0.25, 0.3) is 11.1 Å². The van der Waals surface area contributed by atoms with E-state index in [-0.39, 0.29) is 40.3 Å². The molecule has 3 aromatic carbocycles. The standard InChI is InChI=1S/C33H34IN4O6/c1-34-17-23-24-16-33(24,29(23)39)38-18-27-30(37-31(38)40)36-28-25(8-5-9-26(28)44-27)42-15-14-35-32(41)43-19-20-10-12-22(13-11-20)21-6-3-2-4-7-21/h2-13,18,23-24,29,32,35,39,41H,14-17,19H2,1H3,(H,36,37,40)/q-1/t23-,24?,29?,32?,33?/m0/s1. The average Bonchev–Trinajstić information content (AvgIpc) is 3.74. The Balaban J connectivity index is 0.915. The number of nitrogens with zero attached hydrogens (tertiary/aromatic N) is 2. The second-order valence-corrected chi connectivity index (χ2v) is 13.7. The maximum absolute atomic E-state index is 13.0. The number of aliphatic hydroxyl groups is 2. The molecule has 0 spiro atoms. The molecular formula is C33H34IN4O6-. The molecule has 11 heteroatoms. The summed E-state index contributed by atoms with van der Waals surface area (Å²) in [5.41, 5.74) is 2.85. The topological polar surface area (TPSA) is 127 Å². The van der Waals surface area contributed by atoms with Gasteiger partial charge in [0.15, 0.2) is 0 Å². The SMILES string of the molecule is C[I-]C[C@@H]1C(O)C2(n3cc4c(nc3=O)Nc3c(OCCNC(O)OCc5ccc(-c6ccccc6)cc5)cccc3O4)CC12. The summed E-state index contributed by atoms with van der Waals surface area (Å²) in [5, 5.41) is 27.2. The Bertz CT molecular complexity index is 1700. The fourth-order valence-electron chi connectivity index (χ4n) is 6.40. The summed E-state index contributed by atoms with van der Waals surface area (Å²) >= 11 is 0.0821. The minimum atomic E-state index is -1.16. The third-order valence-corrected chi connectivity index (χ3v) is 10.6. The number of fused-ring (bicyclic) bond motifs is 3. The van der Waals surface area contributed by atoms with Crippen molar-refractivity contribution in [3.8, 4) is 28.4 Å². The van der Waals surface area contributed by atoms with Crippen LogP contribution < -0.4 is 47.0 Å². The van der Waals surface area contributed by atoms with E-state index in [4.69, 9.17) is 14.2 Å². The van der Waals surface area contributed by atoms with E-state index in [1.165, 1.54) is 0 Å². The van der Waals surface area contributed by atoms with Gasteiger partial charge in [0.25, 0.3) is 0 Å². The van der Waals surface area contributed by atoms with Crippen LogP contribution in [-0.2, 0) is 16.9 Å². The molecule has 2 saturated carbocycles. The van der Waals surface area contributed by atoms with E-state index in [9.17, 15) is 15.0 Å². The zero-order chi connectivity index (χ0) is 30.3. The van der Waals surface area contributed by atoms with Crippen LogP contribution in [0.5, 0.6) is 17.2 Å². The maximum atomic E-state index is 13.0. The summed E-state index contributed by atoms with van der Waals surface area (Å²) in [6.07, 6.45) is 0.811. The number of rotatable bonds is 12. The Kier molecular flexibility index (Phi) is 8.06. The first kappa shape index (κ1) is 29.2. The molecule has 230 valence electrons. The fourth-order valence-corrected chi connectivity index (χ4v) is 8.51. The van der Waals surface area contributed by atoms with Crippen molar-refractivity contribution in [3.05, 3.63) is 95.0 Å². The third-order valence-electron chi connectivity index (χ3n) is 8.74. The molecule has 0 radical (unpaired) electrons. The first-order chi connectivity index (χ1) is 21.5. The van der Waals surface area contributed by atoms with E-state index in [0.29, 0.717) is 41.2 Å². The van der Waals surface area contributed by atoms with E-state index in [2.05, 4.69) is 32.7 Å². The van der Waals surface area contributed by atoms with Crippen LogP contribution in [0.15, 0.2) is 83.8 Å². The number of anilines is 2. The van der Waals surface area contributed by atoms with E-state index in [1.54, 1.807) is 16.8 Å². The minimum absolute atomic E-state index is 0.0821. The van der Waals surface area contributed by atoms with Gasteiger partial charge in [-0.15, -0.1) is 0 Å². The number of hydrogen-bond donors (Lipinski definition) is 4. The molecule has 4 aromatic rings. The molecule has 2 heterocycles. The number of benzene rings is 3. The molecule has 44 heavy (non-hydrogen) atoms. The van der Waals surface area contributed by atoms with Crippen molar-refractivity contribution in [1.82, 2.24) is 14.9 Å². The molecule has 0 saturated heterocycles. The molecule has 3 aliphatic rings. The van der Waals surface area contributed by atoms with Gasteiger partial charge >= 0.3 is 154 Å². The van der Waals surface area contributed by atoms with E-state index < -0.39 is 23.7 Å². The Labute approximate surface area is 265 Å². The van der Waals surface area contributed by atoms with Gasteiger partial charge in [0.05, 0.1) is 6.61 Å². The Morgan fingerprint density at radius 1 is 1.11 bits per heavy atom. The fraction of sp³-hybridized carbons (Fsp3) is 0.333. The number of aliphatic hydroxyl groups excluding tert-OH is 2. The van der Waals surface area contributed by atoms with Crippen molar-refractivity contribution in [1.29, 1.82) is 0 Å². The number of ether oxygens (including phenoxy) is 3. The number of hydrogen-bond acceptors (Lipinski definition) is 9. The van der Waals surface area contributed by atoms with Crippen molar-refractivity contribution >= 4 is 11.5 Å². The molecule has 5 atom stereocenters. The first-order valence-corrected chi connectivity index (χ1v) is 18.3. The van der Waals surface area contributed by atoms with Crippen molar-refractivity contribution in [3.63, 3.8) is 0 Å². The quantitative estimate of drug-likeness (QED) is 0.0640. The molecule has 4 unspecified atom stereocenters. The predicted molar refractivity (Wildman–Crippen MR) is 161 cm³/mol. The Morgan fingerprint density at radius 2 is 1.91 bits per heavy atom. The predicted octanol–water partition coefficient (Wildman–Crippen LogP) is 0.645. The zero-order valence-electron chi connectivity index (χ0n) is 24.2. The first-order valence-electron chi connectivity index (χ1n) is 14.6. The Hall–Kier alpha value is -3.49. The number of para-hydroxylation sites is 1. The van der Waals surface area contributed by atoms with E-state index in [1.807, 2.05) is 54.6 Å². The molecule has 2 aliphatic carbocycles. The van der Waals surface area contributed by atoms with Crippen molar-refractivity contribution in [2.75, 3.05) is 27.8 Å². The molecule has 1 aromatic heterocycles. The van der Waals surface area contributed by atoms with Crippen LogP contribution >= 0.6 is 0 Å². The number of alkyl halides is 2. The zero-order valence-corrected chi connectivity index (χ0v) is 26.3. The number of aromatic nitrogens is 2. The van der Waals surface area contributed by atoms with Crippen LogP contribution in [0.1, 0.15) is 12.0 Å². The van der Waals surface area contributed by atoms with Crippen LogP contribution in [0.4, 0.5) is 11.5 Å². The molecule has 0 amide bonds. The second kappa shape index (κ2) is 12.1. The number of nitrogens with one attached hydrogen (secondary N) is 2. The van der Waals surface area contributed by atoms with E-state index in [0.717, 1.165) is 27.5 Å². The van der Waals surface area contributed by atoms with Gasteiger partial charge in [0, 0.05) is 6.54 Å². The van der Waals surface area contributed by atoms with Crippen molar-refractivity contribution < 1.29 is 45.6 Å². The average molecular weight is 710 g/mol. The van der Waals surface area contributed by atoms with Gasteiger partial charge in [0.2, 0.25) is 6.41 Å². The summed E-state index contributed by atoms with van der Waals surface area (Å²) < 4.78 is 20.3. The van der Waals surface area contributed by atoms with Gasteiger partial charge in [-0.05, 0) is 16.7 Å². The second-order valence-electron chi connectivity index (χ2n) is 11.3. The molecule has 2 fully saturated rings. The van der Waals surface area contributed by atoms with Crippen molar-refractivity contribution in [2.24, 2.45) is 11.8 Å². The molecule has 7 rings (SSSR count). The third kappa shape index (κ3) is 5.36. The molecule has 4 N–H and O–H groups in total. The van der Waals surface area contributed by atoms with Gasteiger partial charge in [-0.2, -0.15) is 0 Å². The molecule has 0 bridgehead atoms. The van der Waals surface area contributed by atoms with Gasteiger partial charge in [-0.3, -0.25) is 5.32 Å². The van der Waals surface area contributed by atoms with Gasteiger partial charge < -0.3 is 9.84 Å². The number of halogens is 1. The van der Waals surface area contributed by atoms with Crippen LogP contribution in [0, 0.1) is 11.8 Å². The van der Waals surface area contributed by atoms with Crippen molar-refractivity contribution in [2.45, 2.75) is 31.1 Å². The molecule has 10 nitrogen and oxygen atoms in total. The van der Waals surface area contributed by atoms with Gasteiger partial charge in [-0.25, -0.2) is 0 Å². The molecule has 1 aliphatic heterocycles. The van der Waals surface area contributed by atoms with Gasteiger partial charge in [0.1, 0.15) is 6.61 Å².